The number of anilines is 1. The van der Waals surface area contributed by atoms with Gasteiger partial charge in [-0.15, -0.1) is 0 Å². The van der Waals surface area contributed by atoms with Crippen LogP contribution in [0.2, 0.25) is 0 Å². The molecule has 0 fully saturated rings. The molecule has 106 valence electrons. The van der Waals surface area contributed by atoms with Crippen LogP contribution in [-0.4, -0.2) is 20.4 Å². The molecule has 2 aromatic heterocycles. The van der Waals surface area contributed by atoms with Gasteiger partial charge < -0.3 is 14.3 Å². The minimum Gasteiger partial charge on any atom is -0.435 e. The standard InChI is InChI=1S/C14H18N4O2/c1-3-12-16-9(2)13(20-12)14(19)17-11-8-15-10-6-4-5-7-18(10)11/h8H,3-7H2,1-2H3,(H,17,19). The zero-order chi connectivity index (χ0) is 14.1. The predicted octanol–water partition coefficient (Wildman–Crippen LogP) is 2.33. The number of aromatic nitrogens is 3. The van der Waals surface area contributed by atoms with Gasteiger partial charge in [0.1, 0.15) is 11.6 Å². The first-order chi connectivity index (χ1) is 9.69. The molecule has 1 amide bonds. The van der Waals surface area contributed by atoms with E-state index in [1.165, 1.54) is 0 Å². The second kappa shape index (κ2) is 5.11. The van der Waals surface area contributed by atoms with Gasteiger partial charge in [-0.1, -0.05) is 6.92 Å². The van der Waals surface area contributed by atoms with Crippen molar-refractivity contribution in [2.24, 2.45) is 0 Å². The van der Waals surface area contributed by atoms with Crippen LogP contribution in [0.15, 0.2) is 10.6 Å². The van der Waals surface area contributed by atoms with E-state index in [1.54, 1.807) is 13.1 Å². The predicted molar refractivity (Wildman–Crippen MR) is 73.7 cm³/mol. The molecule has 0 atom stereocenters. The highest BCUT2D eigenvalue weighted by Crippen LogP contribution is 2.20. The van der Waals surface area contributed by atoms with Gasteiger partial charge in [0.2, 0.25) is 5.76 Å². The van der Waals surface area contributed by atoms with Crippen molar-refractivity contribution >= 4 is 11.7 Å². The number of aryl methyl sites for hydroxylation is 3. The van der Waals surface area contributed by atoms with E-state index < -0.39 is 0 Å². The number of fused-ring (bicyclic) bond motifs is 1. The third-order valence-corrected chi connectivity index (χ3v) is 3.56. The Morgan fingerprint density at radius 1 is 1.50 bits per heavy atom. The topological polar surface area (TPSA) is 73.0 Å². The fourth-order valence-electron chi connectivity index (χ4n) is 2.50. The lowest BCUT2D eigenvalue weighted by Crippen LogP contribution is -2.18. The molecule has 20 heavy (non-hydrogen) atoms. The number of nitrogens with zero attached hydrogens (tertiary/aromatic N) is 3. The second-order valence-electron chi connectivity index (χ2n) is 5.00. The summed E-state index contributed by atoms with van der Waals surface area (Å²) in [6.45, 7) is 4.63. The van der Waals surface area contributed by atoms with Crippen LogP contribution in [0.3, 0.4) is 0 Å². The molecular weight excluding hydrogens is 256 g/mol. The Labute approximate surface area is 117 Å². The Hall–Kier alpha value is -2.11. The minimum atomic E-state index is -0.261. The summed E-state index contributed by atoms with van der Waals surface area (Å²) in [5.74, 6) is 2.38. The summed E-state index contributed by atoms with van der Waals surface area (Å²) in [6.07, 6.45) is 5.64. The van der Waals surface area contributed by atoms with Crippen LogP contribution in [0.1, 0.15) is 47.7 Å². The molecule has 0 aliphatic carbocycles. The van der Waals surface area contributed by atoms with Crippen molar-refractivity contribution in [1.82, 2.24) is 14.5 Å². The average Bonchev–Trinajstić information content (AvgIpc) is 3.03. The van der Waals surface area contributed by atoms with Crippen LogP contribution in [0.5, 0.6) is 0 Å². The zero-order valence-electron chi connectivity index (χ0n) is 11.8. The molecule has 0 saturated carbocycles. The zero-order valence-corrected chi connectivity index (χ0v) is 11.8. The molecule has 6 heteroatoms. The van der Waals surface area contributed by atoms with Crippen molar-refractivity contribution in [2.45, 2.75) is 46.1 Å². The molecule has 0 radical (unpaired) electrons. The highest BCUT2D eigenvalue weighted by atomic mass is 16.4. The lowest BCUT2D eigenvalue weighted by molar-refractivity contribution is 0.0993. The molecular formula is C14H18N4O2. The van der Waals surface area contributed by atoms with Crippen LogP contribution in [0.4, 0.5) is 5.82 Å². The minimum absolute atomic E-state index is 0.261. The maximum Gasteiger partial charge on any atom is 0.294 e. The molecule has 3 rings (SSSR count). The Balaban J connectivity index is 1.82. The number of imidazole rings is 1. The van der Waals surface area contributed by atoms with Crippen molar-refractivity contribution in [2.75, 3.05) is 5.32 Å². The Kier molecular flexibility index (Phi) is 3.30. The van der Waals surface area contributed by atoms with Gasteiger partial charge in [-0.25, -0.2) is 9.97 Å². The third kappa shape index (κ3) is 2.21. The van der Waals surface area contributed by atoms with Crippen molar-refractivity contribution in [3.63, 3.8) is 0 Å². The quantitative estimate of drug-likeness (QED) is 0.932. The van der Waals surface area contributed by atoms with Gasteiger partial charge in [0.05, 0.1) is 11.9 Å². The molecule has 6 nitrogen and oxygen atoms in total. The van der Waals surface area contributed by atoms with Crippen LogP contribution in [-0.2, 0) is 19.4 Å². The number of amides is 1. The van der Waals surface area contributed by atoms with Crippen LogP contribution in [0, 0.1) is 6.92 Å². The summed E-state index contributed by atoms with van der Waals surface area (Å²) in [5.41, 5.74) is 0.623. The first-order valence-corrected chi connectivity index (χ1v) is 7.01. The largest absolute Gasteiger partial charge is 0.435 e. The van der Waals surface area contributed by atoms with E-state index in [0.29, 0.717) is 18.0 Å². The van der Waals surface area contributed by atoms with Gasteiger partial charge in [-0.3, -0.25) is 4.79 Å². The van der Waals surface area contributed by atoms with Gasteiger partial charge in [0, 0.05) is 19.4 Å². The summed E-state index contributed by atoms with van der Waals surface area (Å²) in [6, 6.07) is 0. The summed E-state index contributed by atoms with van der Waals surface area (Å²) in [7, 11) is 0. The van der Waals surface area contributed by atoms with Crippen LogP contribution in [0.25, 0.3) is 0 Å². The lowest BCUT2D eigenvalue weighted by atomic mass is 10.2. The fourth-order valence-corrected chi connectivity index (χ4v) is 2.50. The number of hydrogen-bond donors (Lipinski definition) is 1. The van der Waals surface area contributed by atoms with Gasteiger partial charge in [0.15, 0.2) is 5.89 Å². The molecule has 1 N–H and O–H groups in total. The van der Waals surface area contributed by atoms with E-state index in [9.17, 15) is 4.79 Å². The number of oxazole rings is 1. The molecule has 0 unspecified atom stereocenters. The normalized spacial score (nSPS) is 14.1. The van der Waals surface area contributed by atoms with Crippen LogP contribution < -0.4 is 5.32 Å². The van der Waals surface area contributed by atoms with Crippen molar-refractivity contribution < 1.29 is 9.21 Å². The van der Waals surface area contributed by atoms with E-state index in [-0.39, 0.29) is 11.7 Å². The SMILES string of the molecule is CCc1nc(C)c(C(=O)Nc2cnc3n2CCCC3)o1. The highest BCUT2D eigenvalue weighted by Gasteiger charge is 2.20. The van der Waals surface area contributed by atoms with Gasteiger partial charge in [-0.05, 0) is 19.8 Å². The summed E-state index contributed by atoms with van der Waals surface area (Å²) >= 11 is 0. The van der Waals surface area contributed by atoms with E-state index in [4.69, 9.17) is 4.42 Å². The monoisotopic (exact) mass is 274 g/mol. The maximum atomic E-state index is 12.3. The van der Waals surface area contributed by atoms with Gasteiger partial charge >= 0.3 is 0 Å². The summed E-state index contributed by atoms with van der Waals surface area (Å²) < 4.78 is 7.53. The maximum absolute atomic E-state index is 12.3. The van der Waals surface area contributed by atoms with E-state index in [2.05, 4.69) is 19.9 Å². The summed E-state index contributed by atoms with van der Waals surface area (Å²) in [4.78, 5) is 20.8. The fraction of sp³-hybridized carbons (Fsp3) is 0.500. The number of nitrogens with one attached hydrogen (secondary N) is 1. The van der Waals surface area contributed by atoms with Crippen LogP contribution >= 0.6 is 0 Å². The molecule has 3 heterocycles. The van der Waals surface area contributed by atoms with Crippen molar-refractivity contribution in [3.05, 3.63) is 29.4 Å². The van der Waals surface area contributed by atoms with E-state index in [1.807, 2.05) is 6.92 Å². The average molecular weight is 274 g/mol. The third-order valence-electron chi connectivity index (χ3n) is 3.56. The lowest BCUT2D eigenvalue weighted by Gasteiger charge is -2.16. The summed E-state index contributed by atoms with van der Waals surface area (Å²) in [5, 5.41) is 2.87. The number of carbonyl (C=O) groups excluding carboxylic acids is 1. The molecule has 0 spiro atoms. The van der Waals surface area contributed by atoms with Crippen molar-refractivity contribution in [3.8, 4) is 0 Å². The van der Waals surface area contributed by atoms with Crippen molar-refractivity contribution in [1.29, 1.82) is 0 Å². The Morgan fingerprint density at radius 2 is 2.35 bits per heavy atom. The molecule has 1 aliphatic rings. The molecule has 0 bridgehead atoms. The highest BCUT2D eigenvalue weighted by molar-refractivity contribution is 6.02. The Morgan fingerprint density at radius 3 is 3.10 bits per heavy atom. The second-order valence-corrected chi connectivity index (χ2v) is 5.00. The first-order valence-electron chi connectivity index (χ1n) is 7.01. The molecule has 1 aliphatic heterocycles. The molecule has 0 aromatic carbocycles. The molecule has 0 saturated heterocycles. The molecule has 2 aromatic rings. The smallest absolute Gasteiger partial charge is 0.294 e. The number of hydrogen-bond acceptors (Lipinski definition) is 4. The van der Waals surface area contributed by atoms with Gasteiger partial charge in [-0.2, -0.15) is 0 Å². The number of carbonyl (C=O) groups is 1. The number of rotatable bonds is 3. The van der Waals surface area contributed by atoms with Gasteiger partial charge in [0.25, 0.3) is 5.91 Å². The van der Waals surface area contributed by atoms with E-state index in [0.717, 1.165) is 37.4 Å². The van der Waals surface area contributed by atoms with E-state index >= 15 is 0 Å². The first kappa shape index (κ1) is 12.9. The Bertz CT molecular complexity index is 642.